The lowest BCUT2D eigenvalue weighted by Crippen LogP contribution is -2.21. The van der Waals surface area contributed by atoms with E-state index in [1.54, 1.807) is 31.4 Å². The molecular weight excluding hydrogens is 396 g/mol. The zero-order valence-electron chi connectivity index (χ0n) is 17.9. The summed E-state index contributed by atoms with van der Waals surface area (Å²) in [6.07, 6.45) is 3.20. The smallest absolute Gasteiger partial charge is 0.338 e. The van der Waals surface area contributed by atoms with Crippen molar-refractivity contribution < 1.29 is 23.8 Å². The molecule has 1 aliphatic carbocycles. The minimum Gasteiger partial charge on any atom is -0.497 e. The van der Waals surface area contributed by atoms with Crippen LogP contribution >= 0.6 is 0 Å². The first-order valence-corrected chi connectivity index (χ1v) is 10.3. The van der Waals surface area contributed by atoms with Crippen LogP contribution in [0.3, 0.4) is 0 Å². The molecular formula is C24H26N2O5. The summed E-state index contributed by atoms with van der Waals surface area (Å²) in [6.45, 7) is 1.85. The summed E-state index contributed by atoms with van der Waals surface area (Å²) in [7, 11) is 3.05. The van der Waals surface area contributed by atoms with E-state index >= 15 is 0 Å². The van der Waals surface area contributed by atoms with E-state index in [1.165, 1.54) is 24.8 Å². The van der Waals surface area contributed by atoms with Gasteiger partial charge in [0.2, 0.25) is 0 Å². The standard InChI is InChI=1S/C24H26N2O5/c1-14-4-7-19-17(10-14)18-11-15(5-8-20(18)25-19)24(28)31-13-23(27)26-21-9-6-16(29-2)12-22(21)30-3/h5-6,8-9,11-12,14,25H,4,7,10,13H2,1-3H3,(H,26,27). The number of carbonyl (C=O) groups excluding carboxylic acids is 2. The van der Waals surface area contributed by atoms with Crippen LogP contribution in [-0.4, -0.2) is 37.7 Å². The number of hydrogen-bond acceptors (Lipinski definition) is 5. The van der Waals surface area contributed by atoms with E-state index in [2.05, 4.69) is 17.2 Å². The Morgan fingerprint density at radius 2 is 1.97 bits per heavy atom. The van der Waals surface area contributed by atoms with Crippen molar-refractivity contribution in [2.45, 2.75) is 26.2 Å². The first-order valence-electron chi connectivity index (χ1n) is 10.3. The second kappa shape index (κ2) is 8.71. The summed E-state index contributed by atoms with van der Waals surface area (Å²) in [4.78, 5) is 28.3. The molecule has 0 bridgehead atoms. The summed E-state index contributed by atoms with van der Waals surface area (Å²) in [5, 5.41) is 3.75. The van der Waals surface area contributed by atoms with Crippen LogP contribution in [0.1, 0.15) is 35.0 Å². The molecule has 7 nitrogen and oxygen atoms in total. The zero-order valence-corrected chi connectivity index (χ0v) is 17.9. The number of aryl methyl sites for hydroxylation is 1. The van der Waals surface area contributed by atoms with Gasteiger partial charge in [-0.3, -0.25) is 4.79 Å². The average Bonchev–Trinajstić information content (AvgIpc) is 3.14. The number of rotatable bonds is 6. The Balaban J connectivity index is 1.42. The summed E-state index contributed by atoms with van der Waals surface area (Å²) in [5.74, 6) is 0.706. The molecule has 3 aromatic rings. The van der Waals surface area contributed by atoms with Crippen LogP contribution in [0, 0.1) is 5.92 Å². The number of anilines is 1. The van der Waals surface area contributed by atoms with Crippen LogP contribution in [0.15, 0.2) is 36.4 Å². The van der Waals surface area contributed by atoms with E-state index in [0.717, 1.165) is 23.7 Å². The number of amides is 1. The number of ether oxygens (including phenoxy) is 3. The van der Waals surface area contributed by atoms with Gasteiger partial charge in [-0.05, 0) is 61.1 Å². The summed E-state index contributed by atoms with van der Waals surface area (Å²) in [5.41, 5.74) is 4.47. The Labute approximate surface area is 180 Å². The lowest BCUT2D eigenvalue weighted by Gasteiger charge is -2.18. The van der Waals surface area contributed by atoms with Gasteiger partial charge in [-0.2, -0.15) is 0 Å². The number of methoxy groups -OCH3 is 2. The number of carbonyl (C=O) groups is 2. The van der Waals surface area contributed by atoms with Gasteiger partial charge in [0.15, 0.2) is 6.61 Å². The van der Waals surface area contributed by atoms with Gasteiger partial charge in [-0.1, -0.05) is 6.92 Å². The summed E-state index contributed by atoms with van der Waals surface area (Å²) >= 11 is 0. The number of aromatic nitrogens is 1. The largest absolute Gasteiger partial charge is 0.497 e. The molecule has 31 heavy (non-hydrogen) atoms. The van der Waals surface area contributed by atoms with Gasteiger partial charge >= 0.3 is 5.97 Å². The molecule has 0 spiro atoms. The van der Waals surface area contributed by atoms with Crippen LogP contribution in [0.4, 0.5) is 5.69 Å². The Morgan fingerprint density at radius 3 is 2.74 bits per heavy atom. The number of nitrogens with one attached hydrogen (secondary N) is 2. The third kappa shape index (κ3) is 4.35. The molecule has 7 heteroatoms. The van der Waals surface area contributed by atoms with E-state index in [1.807, 2.05) is 12.1 Å². The second-order valence-electron chi connectivity index (χ2n) is 7.88. The molecule has 2 aromatic carbocycles. The van der Waals surface area contributed by atoms with Crippen molar-refractivity contribution in [3.8, 4) is 11.5 Å². The number of fused-ring (bicyclic) bond motifs is 3. The van der Waals surface area contributed by atoms with Gasteiger partial charge in [-0.15, -0.1) is 0 Å². The lowest BCUT2D eigenvalue weighted by molar-refractivity contribution is -0.119. The van der Waals surface area contributed by atoms with E-state index in [4.69, 9.17) is 14.2 Å². The Kier molecular flexibility index (Phi) is 5.84. The zero-order chi connectivity index (χ0) is 22.0. The molecule has 1 aromatic heterocycles. The van der Waals surface area contributed by atoms with Gasteiger partial charge < -0.3 is 24.5 Å². The number of aromatic amines is 1. The molecule has 1 heterocycles. The molecule has 2 N–H and O–H groups in total. The number of benzene rings is 2. The average molecular weight is 422 g/mol. The van der Waals surface area contributed by atoms with Crippen molar-refractivity contribution in [3.63, 3.8) is 0 Å². The quantitative estimate of drug-likeness (QED) is 0.584. The van der Waals surface area contributed by atoms with Crippen LogP contribution in [0.5, 0.6) is 11.5 Å². The molecule has 0 saturated carbocycles. The molecule has 1 unspecified atom stereocenters. The Morgan fingerprint density at radius 1 is 1.13 bits per heavy atom. The van der Waals surface area contributed by atoms with Crippen molar-refractivity contribution in [2.24, 2.45) is 5.92 Å². The lowest BCUT2D eigenvalue weighted by atomic mass is 9.87. The maximum atomic E-state index is 12.6. The SMILES string of the molecule is COc1ccc(NC(=O)COC(=O)c2ccc3[nH]c4c(c3c2)CC(C)CC4)c(OC)c1. The van der Waals surface area contributed by atoms with Crippen molar-refractivity contribution in [3.05, 3.63) is 53.2 Å². The fourth-order valence-corrected chi connectivity index (χ4v) is 4.02. The Hall–Kier alpha value is -3.48. The van der Waals surface area contributed by atoms with E-state index in [0.29, 0.717) is 28.7 Å². The third-order valence-corrected chi connectivity index (χ3v) is 5.69. The topological polar surface area (TPSA) is 89.6 Å². The maximum absolute atomic E-state index is 12.6. The predicted molar refractivity (Wildman–Crippen MR) is 118 cm³/mol. The van der Waals surface area contributed by atoms with Crippen molar-refractivity contribution in [1.82, 2.24) is 4.98 Å². The second-order valence-corrected chi connectivity index (χ2v) is 7.88. The van der Waals surface area contributed by atoms with E-state index in [9.17, 15) is 9.59 Å². The molecule has 1 atom stereocenters. The highest BCUT2D eigenvalue weighted by Gasteiger charge is 2.21. The third-order valence-electron chi connectivity index (χ3n) is 5.69. The fraction of sp³-hybridized carbons (Fsp3) is 0.333. The fourth-order valence-electron chi connectivity index (χ4n) is 4.02. The van der Waals surface area contributed by atoms with E-state index < -0.39 is 18.5 Å². The highest BCUT2D eigenvalue weighted by Crippen LogP contribution is 2.32. The van der Waals surface area contributed by atoms with Gasteiger partial charge in [0.25, 0.3) is 5.91 Å². The molecule has 1 aliphatic rings. The minimum absolute atomic E-state index is 0.395. The van der Waals surface area contributed by atoms with Gasteiger partial charge in [-0.25, -0.2) is 4.79 Å². The summed E-state index contributed by atoms with van der Waals surface area (Å²) in [6, 6.07) is 10.5. The monoisotopic (exact) mass is 422 g/mol. The highest BCUT2D eigenvalue weighted by molar-refractivity contribution is 5.99. The molecule has 0 aliphatic heterocycles. The molecule has 162 valence electrons. The maximum Gasteiger partial charge on any atom is 0.338 e. The van der Waals surface area contributed by atoms with Crippen molar-refractivity contribution in [2.75, 3.05) is 26.1 Å². The number of hydrogen-bond donors (Lipinski definition) is 2. The van der Waals surface area contributed by atoms with Crippen LogP contribution in [0.2, 0.25) is 0 Å². The molecule has 1 amide bonds. The number of esters is 1. The summed E-state index contributed by atoms with van der Waals surface area (Å²) < 4.78 is 15.7. The first kappa shape index (κ1) is 20.8. The normalized spacial score (nSPS) is 15.3. The highest BCUT2D eigenvalue weighted by atomic mass is 16.5. The molecule has 0 saturated heterocycles. The van der Waals surface area contributed by atoms with Crippen LogP contribution < -0.4 is 14.8 Å². The molecule has 0 fully saturated rings. The van der Waals surface area contributed by atoms with Gasteiger partial charge in [0.05, 0.1) is 25.5 Å². The van der Waals surface area contributed by atoms with Crippen molar-refractivity contribution in [1.29, 1.82) is 0 Å². The van der Waals surface area contributed by atoms with Gasteiger partial charge in [0.1, 0.15) is 11.5 Å². The predicted octanol–water partition coefficient (Wildman–Crippen LogP) is 4.11. The first-order chi connectivity index (χ1) is 15.0. The Bertz CT molecular complexity index is 1130. The van der Waals surface area contributed by atoms with Crippen LogP contribution in [0.25, 0.3) is 10.9 Å². The molecule has 4 rings (SSSR count). The van der Waals surface area contributed by atoms with E-state index in [-0.39, 0.29) is 0 Å². The minimum atomic E-state index is -0.530. The van der Waals surface area contributed by atoms with Crippen molar-refractivity contribution >= 4 is 28.5 Å². The van der Waals surface area contributed by atoms with Gasteiger partial charge in [0, 0.05) is 22.7 Å². The van der Waals surface area contributed by atoms with Crippen LogP contribution in [-0.2, 0) is 22.4 Å². The molecule has 0 radical (unpaired) electrons. The number of H-pyrrole nitrogens is 1.